The molecule has 5 fully saturated rings. The smallest absolute Gasteiger partial charge is 0.0110 e. The molecule has 0 aromatic carbocycles. The van der Waals surface area contributed by atoms with Gasteiger partial charge in [0, 0.05) is 12.1 Å². The number of fused-ring (bicyclic) bond motifs is 4. The van der Waals surface area contributed by atoms with Crippen molar-refractivity contribution in [1.29, 1.82) is 0 Å². The predicted octanol–water partition coefficient (Wildman–Crippen LogP) is 4.19. The first-order chi connectivity index (χ1) is 11.8. The Morgan fingerprint density at radius 3 is 1.50 bits per heavy atom. The van der Waals surface area contributed by atoms with Crippen molar-refractivity contribution in [3.63, 3.8) is 0 Å². The van der Waals surface area contributed by atoms with E-state index >= 15 is 0 Å². The van der Waals surface area contributed by atoms with E-state index in [2.05, 4.69) is 22.8 Å². The summed E-state index contributed by atoms with van der Waals surface area (Å²) in [5.74, 6) is 3.64. The van der Waals surface area contributed by atoms with E-state index in [1.54, 1.807) is 0 Å². The molecule has 4 atom stereocenters. The van der Waals surface area contributed by atoms with Crippen molar-refractivity contribution in [2.75, 3.05) is 13.1 Å². The van der Waals surface area contributed by atoms with Gasteiger partial charge in [-0.1, -0.05) is 23.3 Å². The summed E-state index contributed by atoms with van der Waals surface area (Å²) >= 11 is 0. The molecule has 0 amide bonds. The summed E-state index contributed by atoms with van der Waals surface area (Å²) in [6.07, 6.45) is 19.5. The van der Waals surface area contributed by atoms with Gasteiger partial charge in [-0.2, -0.15) is 0 Å². The minimum atomic E-state index is 0.811. The Bertz CT molecular complexity index is 478. The molecule has 3 aliphatic carbocycles. The molecule has 24 heavy (non-hydrogen) atoms. The lowest BCUT2D eigenvalue weighted by atomic mass is 9.79. The molecule has 2 saturated heterocycles. The van der Waals surface area contributed by atoms with Crippen LogP contribution in [0.1, 0.15) is 64.2 Å². The van der Waals surface area contributed by atoms with Crippen molar-refractivity contribution in [3.8, 4) is 0 Å². The Morgan fingerprint density at radius 2 is 1.08 bits per heavy atom. The topological polar surface area (TPSA) is 24.1 Å². The zero-order valence-electron chi connectivity index (χ0n) is 15.1. The standard InChI is InChI=1S/C22H34N2/c1-2-16(10-20-14-22-12-18(20)6-8-24-22)4-3-15(1)9-19-13-21-11-17(19)5-7-23-21/h9-10,15-18,21-24H,1-8,11-14H2/b19-9+,20-10?/t15?,16?,17?,18?,21-,22+/m1/s1. The Kier molecular flexibility index (Phi) is 4.31. The fourth-order valence-electron chi connectivity index (χ4n) is 6.39. The van der Waals surface area contributed by atoms with Crippen LogP contribution in [0, 0.1) is 23.7 Å². The minimum Gasteiger partial charge on any atom is -0.314 e. The molecule has 132 valence electrons. The molecule has 0 radical (unpaired) electrons. The van der Waals surface area contributed by atoms with E-state index in [9.17, 15) is 0 Å². The molecule has 2 aliphatic heterocycles. The van der Waals surface area contributed by atoms with Crippen molar-refractivity contribution in [2.24, 2.45) is 23.7 Å². The molecule has 5 rings (SSSR count). The third-order valence-electron chi connectivity index (χ3n) is 7.72. The summed E-state index contributed by atoms with van der Waals surface area (Å²) < 4.78 is 0. The van der Waals surface area contributed by atoms with Crippen LogP contribution in [0.3, 0.4) is 0 Å². The zero-order chi connectivity index (χ0) is 15.9. The lowest BCUT2D eigenvalue weighted by Gasteiger charge is -2.27. The highest BCUT2D eigenvalue weighted by molar-refractivity contribution is 5.20. The van der Waals surface area contributed by atoms with E-state index in [0.717, 1.165) is 35.8 Å². The van der Waals surface area contributed by atoms with Crippen molar-refractivity contribution in [3.05, 3.63) is 23.3 Å². The van der Waals surface area contributed by atoms with Gasteiger partial charge >= 0.3 is 0 Å². The fraction of sp³-hybridized carbons (Fsp3) is 0.818. The van der Waals surface area contributed by atoms with Crippen LogP contribution >= 0.6 is 0 Å². The van der Waals surface area contributed by atoms with E-state index < -0.39 is 0 Å². The van der Waals surface area contributed by atoms with Crippen molar-refractivity contribution in [1.82, 2.24) is 10.6 Å². The average Bonchev–Trinajstić information content (AvgIpc) is 3.04. The van der Waals surface area contributed by atoms with Gasteiger partial charge in [0.1, 0.15) is 0 Å². The van der Waals surface area contributed by atoms with Gasteiger partial charge < -0.3 is 10.6 Å². The molecule has 3 saturated carbocycles. The maximum atomic E-state index is 3.69. The van der Waals surface area contributed by atoms with E-state index in [1.807, 2.05) is 11.1 Å². The second kappa shape index (κ2) is 6.61. The summed E-state index contributed by atoms with van der Waals surface area (Å²) in [6, 6.07) is 1.62. The molecule has 4 bridgehead atoms. The maximum absolute atomic E-state index is 3.69. The normalized spacial score (nSPS) is 48.3. The molecule has 2 N–H and O–H groups in total. The van der Waals surface area contributed by atoms with Gasteiger partial charge in [0.15, 0.2) is 0 Å². The lowest BCUT2D eigenvalue weighted by molar-refractivity contribution is 0.350. The van der Waals surface area contributed by atoms with Gasteiger partial charge in [-0.05, 0) is 101 Å². The quantitative estimate of drug-likeness (QED) is 0.744. The Hall–Kier alpha value is -0.600. The Morgan fingerprint density at radius 1 is 0.625 bits per heavy atom. The molecular formula is C22H34N2. The molecule has 5 aliphatic rings. The van der Waals surface area contributed by atoms with Crippen LogP contribution in [-0.2, 0) is 0 Å². The largest absolute Gasteiger partial charge is 0.314 e. The van der Waals surface area contributed by atoms with Gasteiger partial charge in [-0.3, -0.25) is 0 Å². The SMILES string of the molecule is C(=C1C[C@@H]2CC1CCN2)C1CCC(/C=C2\C[C@H]3CC2CCN3)CC1. The molecule has 0 aromatic heterocycles. The van der Waals surface area contributed by atoms with Crippen LogP contribution in [0.5, 0.6) is 0 Å². The third kappa shape index (κ3) is 3.12. The first-order valence-electron chi connectivity index (χ1n) is 10.7. The molecular weight excluding hydrogens is 292 g/mol. The molecule has 2 unspecified atom stereocenters. The van der Waals surface area contributed by atoms with Crippen LogP contribution < -0.4 is 10.6 Å². The Balaban J connectivity index is 1.18. The highest BCUT2D eigenvalue weighted by Gasteiger charge is 2.34. The summed E-state index contributed by atoms with van der Waals surface area (Å²) in [7, 11) is 0. The predicted molar refractivity (Wildman–Crippen MR) is 99.9 cm³/mol. The summed E-state index contributed by atoms with van der Waals surface area (Å²) in [5, 5.41) is 7.38. The van der Waals surface area contributed by atoms with Crippen LogP contribution in [-0.4, -0.2) is 25.2 Å². The summed E-state index contributed by atoms with van der Waals surface area (Å²) in [5.41, 5.74) is 3.64. The Labute approximate surface area is 147 Å². The molecule has 0 spiro atoms. The monoisotopic (exact) mass is 326 g/mol. The summed E-state index contributed by atoms with van der Waals surface area (Å²) in [6.45, 7) is 2.51. The van der Waals surface area contributed by atoms with Crippen LogP contribution in [0.25, 0.3) is 0 Å². The van der Waals surface area contributed by atoms with E-state index in [-0.39, 0.29) is 0 Å². The third-order valence-corrected chi connectivity index (χ3v) is 7.72. The first-order valence-corrected chi connectivity index (χ1v) is 10.7. The second-order valence-electron chi connectivity index (χ2n) is 9.31. The highest BCUT2D eigenvalue weighted by atomic mass is 14.9. The minimum absolute atomic E-state index is 0.811. The van der Waals surface area contributed by atoms with E-state index in [1.165, 1.54) is 77.3 Å². The average molecular weight is 327 g/mol. The van der Waals surface area contributed by atoms with Crippen molar-refractivity contribution >= 4 is 0 Å². The maximum Gasteiger partial charge on any atom is 0.0110 e. The van der Waals surface area contributed by atoms with Gasteiger partial charge in [0.25, 0.3) is 0 Å². The number of nitrogens with one attached hydrogen (secondary N) is 2. The van der Waals surface area contributed by atoms with Crippen LogP contribution in [0.2, 0.25) is 0 Å². The molecule has 2 nitrogen and oxygen atoms in total. The van der Waals surface area contributed by atoms with Crippen molar-refractivity contribution < 1.29 is 0 Å². The number of rotatable bonds is 2. The van der Waals surface area contributed by atoms with Gasteiger partial charge in [-0.15, -0.1) is 0 Å². The number of hydrogen-bond donors (Lipinski definition) is 2. The number of piperidine rings is 2. The lowest BCUT2D eigenvalue weighted by Crippen LogP contribution is -2.31. The highest BCUT2D eigenvalue weighted by Crippen LogP contribution is 2.42. The van der Waals surface area contributed by atoms with Crippen molar-refractivity contribution in [2.45, 2.75) is 76.3 Å². The number of allylic oxidation sites excluding steroid dienone is 2. The fourth-order valence-corrected chi connectivity index (χ4v) is 6.39. The van der Waals surface area contributed by atoms with Crippen LogP contribution in [0.15, 0.2) is 23.3 Å². The first kappa shape index (κ1) is 15.6. The zero-order valence-corrected chi connectivity index (χ0v) is 15.1. The van der Waals surface area contributed by atoms with E-state index in [0.29, 0.717) is 0 Å². The van der Waals surface area contributed by atoms with E-state index in [4.69, 9.17) is 0 Å². The van der Waals surface area contributed by atoms with Crippen LogP contribution in [0.4, 0.5) is 0 Å². The number of hydrogen-bond acceptors (Lipinski definition) is 2. The molecule has 2 heteroatoms. The summed E-state index contributed by atoms with van der Waals surface area (Å²) in [4.78, 5) is 0. The second-order valence-corrected chi connectivity index (χ2v) is 9.31. The van der Waals surface area contributed by atoms with Gasteiger partial charge in [0.05, 0.1) is 0 Å². The van der Waals surface area contributed by atoms with Gasteiger partial charge in [0.2, 0.25) is 0 Å². The molecule has 0 aromatic rings. The van der Waals surface area contributed by atoms with Gasteiger partial charge in [-0.25, -0.2) is 0 Å². The molecule has 2 heterocycles.